The molecule has 22 heavy (non-hydrogen) atoms. The summed E-state index contributed by atoms with van der Waals surface area (Å²) in [4.78, 5) is 17.4. The molecule has 4 rings (SSSR count). The first-order valence-electron chi connectivity index (χ1n) is 6.74. The minimum atomic E-state index is -0.269. The first-order valence-corrected chi connectivity index (χ1v) is 7.56. The fraction of sp³-hybridized carbons (Fsp3) is 0. The van der Waals surface area contributed by atoms with E-state index in [0.29, 0.717) is 20.5 Å². The molecular weight excluding hydrogens is 296 g/mol. The van der Waals surface area contributed by atoms with Crippen molar-refractivity contribution in [2.24, 2.45) is 0 Å². The second-order valence-corrected chi connectivity index (χ2v) is 6.00. The number of thiophene rings is 1. The summed E-state index contributed by atoms with van der Waals surface area (Å²) in [6.45, 7) is 0. The number of fused-ring (bicyclic) bond motifs is 2. The van der Waals surface area contributed by atoms with Gasteiger partial charge in [-0.1, -0.05) is 30.3 Å². The van der Waals surface area contributed by atoms with Gasteiger partial charge in [0.1, 0.15) is 0 Å². The number of rotatable bonds is 2. The third kappa shape index (κ3) is 1.95. The lowest BCUT2D eigenvalue weighted by Gasteiger charge is -2.08. The zero-order valence-corrected chi connectivity index (χ0v) is 12.2. The van der Waals surface area contributed by atoms with Gasteiger partial charge in [0.2, 0.25) is 5.78 Å². The van der Waals surface area contributed by atoms with Crippen molar-refractivity contribution >= 4 is 38.1 Å². The van der Waals surface area contributed by atoms with Crippen LogP contribution in [-0.2, 0) is 0 Å². The van der Waals surface area contributed by atoms with Gasteiger partial charge in [-0.2, -0.15) is 0 Å². The zero-order valence-electron chi connectivity index (χ0n) is 11.4. The van der Waals surface area contributed by atoms with Crippen molar-refractivity contribution < 1.29 is 9.52 Å². The van der Waals surface area contributed by atoms with E-state index in [-0.39, 0.29) is 11.5 Å². The first kappa shape index (κ1) is 12.9. The maximum Gasteiger partial charge on any atom is 0.290 e. The Morgan fingerprint density at radius 3 is 2.73 bits per heavy atom. The van der Waals surface area contributed by atoms with E-state index >= 15 is 0 Å². The maximum absolute atomic E-state index is 12.8. The average molecular weight is 306 g/mol. The van der Waals surface area contributed by atoms with Gasteiger partial charge in [0, 0.05) is 4.70 Å². The fourth-order valence-corrected chi connectivity index (χ4v) is 3.51. The van der Waals surface area contributed by atoms with Crippen molar-refractivity contribution in [3.05, 3.63) is 76.7 Å². The molecule has 0 N–H and O–H groups in total. The summed E-state index contributed by atoms with van der Waals surface area (Å²) in [7, 11) is 0. The lowest BCUT2D eigenvalue weighted by molar-refractivity contribution is -0.609. The number of aromatic nitrogens is 2. The Kier molecular flexibility index (Phi) is 2.87. The molecule has 2 aromatic carbocycles. The topological polar surface area (TPSA) is 56.9 Å². The number of hydrogen-bond acceptors (Lipinski definition) is 4. The monoisotopic (exact) mass is 306 g/mol. The molecule has 0 spiro atoms. The van der Waals surface area contributed by atoms with Crippen molar-refractivity contribution in [1.82, 2.24) is 4.98 Å². The Bertz CT molecular complexity index is 990. The Labute approximate surface area is 129 Å². The molecule has 4 aromatic rings. The van der Waals surface area contributed by atoms with Crippen LogP contribution in [0.1, 0.15) is 15.4 Å². The van der Waals surface area contributed by atoms with Gasteiger partial charge >= 0.3 is 0 Å². The quantitative estimate of drug-likeness (QED) is 0.324. The molecule has 0 amide bonds. The normalized spacial score (nSPS) is 11.1. The van der Waals surface area contributed by atoms with Crippen LogP contribution in [0.2, 0.25) is 0 Å². The highest BCUT2D eigenvalue weighted by Gasteiger charge is 2.22. The summed E-state index contributed by atoms with van der Waals surface area (Å²) in [6, 6.07) is 16.8. The summed E-state index contributed by atoms with van der Waals surface area (Å²) in [6.07, 6.45) is 1.14. The van der Waals surface area contributed by atoms with Crippen LogP contribution in [0.25, 0.3) is 21.0 Å². The van der Waals surface area contributed by atoms with Crippen LogP contribution in [0.4, 0.5) is 0 Å². The molecule has 0 atom stereocenters. The number of hydrogen-bond donors (Lipinski definition) is 0. The Morgan fingerprint density at radius 1 is 1.09 bits per heavy atom. The van der Waals surface area contributed by atoms with Gasteiger partial charge in [-0.05, 0) is 34.6 Å². The lowest BCUT2D eigenvalue weighted by atomic mass is 10.1. The summed E-state index contributed by atoms with van der Waals surface area (Å²) in [5, 5.41) is 13.7. The highest BCUT2D eigenvalue weighted by Crippen LogP contribution is 2.27. The largest absolute Gasteiger partial charge is 0.710 e. The molecule has 0 fully saturated rings. The molecule has 0 unspecified atom stereocenters. The van der Waals surface area contributed by atoms with Crippen molar-refractivity contribution in [2.45, 2.75) is 0 Å². The molecule has 0 saturated heterocycles. The van der Waals surface area contributed by atoms with E-state index in [0.717, 1.165) is 16.4 Å². The predicted molar refractivity (Wildman–Crippen MR) is 86.0 cm³/mol. The van der Waals surface area contributed by atoms with Crippen LogP contribution in [0, 0.1) is 5.21 Å². The minimum Gasteiger partial charge on any atom is -0.710 e. The van der Waals surface area contributed by atoms with Crippen molar-refractivity contribution in [3.63, 3.8) is 0 Å². The van der Waals surface area contributed by atoms with Gasteiger partial charge in [0.15, 0.2) is 11.2 Å². The minimum absolute atomic E-state index is 0.122. The van der Waals surface area contributed by atoms with Gasteiger partial charge < -0.3 is 5.21 Å². The zero-order chi connectivity index (χ0) is 15.1. The molecule has 0 aliphatic heterocycles. The molecule has 4 nitrogen and oxygen atoms in total. The maximum atomic E-state index is 12.8. The van der Waals surface area contributed by atoms with E-state index in [1.165, 1.54) is 11.3 Å². The lowest BCUT2D eigenvalue weighted by Crippen LogP contribution is -2.35. The van der Waals surface area contributed by atoms with Crippen molar-refractivity contribution in [3.8, 4) is 0 Å². The number of nitrogens with zero attached hydrogens (tertiary/aromatic N) is 2. The van der Waals surface area contributed by atoms with Crippen LogP contribution in [0.15, 0.2) is 60.9 Å². The fourth-order valence-electron chi connectivity index (χ4n) is 2.51. The summed E-state index contributed by atoms with van der Waals surface area (Å²) < 4.78 is 1.58. The number of benzene rings is 2. The van der Waals surface area contributed by atoms with Gasteiger partial charge in [-0.25, -0.2) is 4.73 Å². The summed E-state index contributed by atoms with van der Waals surface area (Å²) in [5.74, 6) is -0.269. The molecule has 106 valence electrons. The van der Waals surface area contributed by atoms with Crippen molar-refractivity contribution in [2.75, 3.05) is 0 Å². The van der Waals surface area contributed by atoms with Gasteiger partial charge in [0.05, 0.1) is 10.3 Å². The van der Waals surface area contributed by atoms with E-state index in [1.54, 1.807) is 18.2 Å². The second kappa shape index (κ2) is 4.89. The van der Waals surface area contributed by atoms with Gasteiger partial charge in [-0.3, -0.25) is 4.79 Å². The first-order chi connectivity index (χ1) is 10.7. The van der Waals surface area contributed by atoms with Crippen LogP contribution in [0.5, 0.6) is 0 Å². The molecule has 0 aliphatic rings. The molecule has 5 heteroatoms. The Balaban J connectivity index is 1.94. The second-order valence-electron chi connectivity index (χ2n) is 4.91. The SMILES string of the molecule is O=C(c1cc2ccccc2s1)c1c2ccccc2nc[n+]1[O-]. The summed E-state index contributed by atoms with van der Waals surface area (Å²) in [5.41, 5.74) is 0.760. The van der Waals surface area contributed by atoms with Crippen LogP contribution >= 0.6 is 11.3 Å². The third-order valence-corrected chi connectivity index (χ3v) is 4.66. The van der Waals surface area contributed by atoms with Crippen LogP contribution < -0.4 is 4.73 Å². The van der Waals surface area contributed by atoms with E-state index in [9.17, 15) is 10.0 Å². The predicted octanol–water partition coefficient (Wildman–Crippen LogP) is 3.31. The highest BCUT2D eigenvalue weighted by molar-refractivity contribution is 7.21. The molecule has 2 heterocycles. The molecule has 0 aliphatic carbocycles. The van der Waals surface area contributed by atoms with Crippen LogP contribution in [-0.4, -0.2) is 10.8 Å². The molecule has 0 saturated carbocycles. The van der Waals surface area contributed by atoms with Crippen LogP contribution in [0.3, 0.4) is 0 Å². The van der Waals surface area contributed by atoms with Gasteiger partial charge in [-0.15, -0.1) is 11.3 Å². The number of para-hydroxylation sites is 1. The standard InChI is InChI=1S/C17H10N2O2S/c20-17(15-9-11-5-1-4-8-14(11)22-15)16-12-6-2-3-7-13(12)18-10-19(16)21/h1-10H. The molecular formula is C17H10N2O2S. The van der Waals surface area contributed by atoms with E-state index < -0.39 is 0 Å². The highest BCUT2D eigenvalue weighted by atomic mass is 32.1. The number of carbonyl (C=O) groups excluding carboxylic acids is 1. The molecule has 0 bridgehead atoms. The molecule has 0 radical (unpaired) electrons. The number of ketones is 1. The number of carbonyl (C=O) groups is 1. The smallest absolute Gasteiger partial charge is 0.290 e. The van der Waals surface area contributed by atoms with Gasteiger partial charge in [0.25, 0.3) is 6.33 Å². The summed E-state index contributed by atoms with van der Waals surface area (Å²) >= 11 is 1.40. The van der Waals surface area contributed by atoms with E-state index in [2.05, 4.69) is 4.98 Å². The average Bonchev–Trinajstić information content (AvgIpc) is 2.98. The van der Waals surface area contributed by atoms with E-state index in [4.69, 9.17) is 0 Å². The molecule has 2 aromatic heterocycles. The Morgan fingerprint density at radius 2 is 1.86 bits per heavy atom. The van der Waals surface area contributed by atoms with Crippen molar-refractivity contribution in [1.29, 1.82) is 0 Å². The third-order valence-electron chi connectivity index (χ3n) is 3.55. The Hall–Kier alpha value is -2.79. The van der Waals surface area contributed by atoms with E-state index in [1.807, 2.05) is 36.4 Å².